The van der Waals surface area contributed by atoms with Gasteiger partial charge >= 0.3 is 6.18 Å². The summed E-state index contributed by atoms with van der Waals surface area (Å²) < 4.78 is 43.2. The minimum absolute atomic E-state index is 0.157. The van der Waals surface area contributed by atoms with Gasteiger partial charge in [-0.15, -0.1) is 0 Å². The number of halogens is 3. The van der Waals surface area contributed by atoms with Gasteiger partial charge in [0.25, 0.3) is 5.22 Å². The molecule has 0 spiro atoms. The molecule has 0 amide bonds. The Labute approximate surface area is 121 Å². The van der Waals surface area contributed by atoms with E-state index in [1.54, 1.807) is 18.2 Å². The number of aromatic nitrogens is 2. The second-order valence-corrected chi connectivity index (χ2v) is 5.14. The minimum atomic E-state index is -4.48. The van der Waals surface area contributed by atoms with Gasteiger partial charge in [0.05, 0.1) is 0 Å². The highest BCUT2D eigenvalue weighted by atomic mass is 32.2. The number of oxazole rings is 1. The molecular formula is C13H8F3N3OS. The van der Waals surface area contributed by atoms with Crippen molar-refractivity contribution in [2.45, 2.75) is 16.4 Å². The fourth-order valence-corrected chi connectivity index (χ4v) is 2.43. The number of benzene rings is 1. The molecule has 8 heteroatoms. The SMILES string of the molecule is Nc1ccc2oc(Sc3cccc(C(F)(F)F)n3)nc2c1. The quantitative estimate of drug-likeness (QED) is 0.725. The zero-order valence-electron chi connectivity index (χ0n) is 10.4. The molecule has 1 aromatic carbocycles. The summed E-state index contributed by atoms with van der Waals surface area (Å²) in [5, 5.41) is 0.367. The molecule has 0 aliphatic carbocycles. The molecular weight excluding hydrogens is 303 g/mol. The van der Waals surface area contributed by atoms with E-state index in [-0.39, 0.29) is 10.2 Å². The van der Waals surface area contributed by atoms with Crippen LogP contribution in [0.2, 0.25) is 0 Å². The fourth-order valence-electron chi connectivity index (χ4n) is 1.69. The number of nitrogens with zero attached hydrogens (tertiary/aromatic N) is 2. The molecule has 0 radical (unpaired) electrons. The molecule has 2 N–H and O–H groups in total. The average molecular weight is 311 g/mol. The third-order valence-electron chi connectivity index (χ3n) is 2.60. The van der Waals surface area contributed by atoms with Crippen LogP contribution in [-0.4, -0.2) is 9.97 Å². The second-order valence-electron chi connectivity index (χ2n) is 4.17. The van der Waals surface area contributed by atoms with Gasteiger partial charge in [0.2, 0.25) is 0 Å². The van der Waals surface area contributed by atoms with E-state index in [0.717, 1.165) is 17.8 Å². The number of hydrogen-bond donors (Lipinski definition) is 1. The maximum absolute atomic E-state index is 12.6. The van der Waals surface area contributed by atoms with E-state index in [2.05, 4.69) is 9.97 Å². The summed E-state index contributed by atoms with van der Waals surface area (Å²) in [6.07, 6.45) is -4.48. The molecule has 0 bridgehead atoms. The Morgan fingerprint density at radius 1 is 1.10 bits per heavy atom. The Bertz CT molecular complexity index is 801. The van der Waals surface area contributed by atoms with Crippen molar-refractivity contribution in [3.63, 3.8) is 0 Å². The summed E-state index contributed by atoms with van der Waals surface area (Å²) in [5.74, 6) is 0. The van der Waals surface area contributed by atoms with Gasteiger partial charge in [-0.05, 0) is 42.1 Å². The first-order chi connectivity index (χ1) is 9.91. The lowest BCUT2D eigenvalue weighted by molar-refractivity contribution is -0.141. The van der Waals surface area contributed by atoms with E-state index >= 15 is 0 Å². The van der Waals surface area contributed by atoms with Crippen LogP contribution in [0.1, 0.15) is 5.69 Å². The van der Waals surface area contributed by atoms with Crippen molar-refractivity contribution in [2.75, 3.05) is 5.73 Å². The molecule has 108 valence electrons. The van der Waals surface area contributed by atoms with Crippen LogP contribution >= 0.6 is 11.8 Å². The Morgan fingerprint density at radius 2 is 1.90 bits per heavy atom. The van der Waals surface area contributed by atoms with Crippen LogP contribution in [0.5, 0.6) is 0 Å². The smallest absolute Gasteiger partial charge is 0.431 e. The summed E-state index contributed by atoms with van der Waals surface area (Å²) in [4.78, 5) is 7.70. The summed E-state index contributed by atoms with van der Waals surface area (Å²) in [7, 11) is 0. The highest BCUT2D eigenvalue weighted by molar-refractivity contribution is 7.99. The number of nitrogen functional groups attached to an aromatic ring is 1. The second kappa shape index (κ2) is 4.96. The summed E-state index contributed by atoms with van der Waals surface area (Å²) in [5.41, 5.74) is 6.27. The van der Waals surface area contributed by atoms with Crippen LogP contribution in [0.4, 0.5) is 18.9 Å². The monoisotopic (exact) mass is 311 g/mol. The van der Waals surface area contributed by atoms with Gasteiger partial charge in [-0.1, -0.05) is 6.07 Å². The number of anilines is 1. The molecule has 3 rings (SSSR count). The topological polar surface area (TPSA) is 64.9 Å². The largest absolute Gasteiger partial charge is 0.433 e. The van der Waals surface area contributed by atoms with E-state index in [1.807, 2.05) is 0 Å². The standard InChI is InChI=1S/C13H8F3N3OS/c14-13(15,16)10-2-1-3-11(19-10)21-12-18-8-6-7(17)4-5-9(8)20-12/h1-6H,17H2. The van der Waals surface area contributed by atoms with E-state index in [9.17, 15) is 13.2 Å². The van der Waals surface area contributed by atoms with E-state index in [4.69, 9.17) is 10.2 Å². The van der Waals surface area contributed by atoms with Gasteiger partial charge in [0, 0.05) is 5.69 Å². The highest BCUT2D eigenvalue weighted by Gasteiger charge is 2.32. The third-order valence-corrected chi connectivity index (χ3v) is 3.38. The lowest BCUT2D eigenvalue weighted by atomic mass is 10.3. The predicted octanol–water partition coefficient (Wildman–Crippen LogP) is 3.98. The third kappa shape index (κ3) is 2.94. The number of fused-ring (bicyclic) bond motifs is 1. The van der Waals surface area contributed by atoms with Crippen molar-refractivity contribution < 1.29 is 17.6 Å². The van der Waals surface area contributed by atoms with Gasteiger partial charge in [-0.25, -0.2) is 9.97 Å². The Hall–Kier alpha value is -2.22. The molecule has 2 aromatic heterocycles. The molecule has 0 atom stereocenters. The lowest BCUT2D eigenvalue weighted by Gasteiger charge is -2.05. The van der Waals surface area contributed by atoms with Crippen LogP contribution in [0.25, 0.3) is 11.1 Å². The molecule has 0 aliphatic rings. The molecule has 0 aliphatic heterocycles. The molecule has 21 heavy (non-hydrogen) atoms. The minimum Gasteiger partial charge on any atom is -0.431 e. The summed E-state index contributed by atoms with van der Waals surface area (Å²) in [6.45, 7) is 0. The first-order valence-electron chi connectivity index (χ1n) is 5.80. The number of alkyl halides is 3. The van der Waals surface area contributed by atoms with Crippen molar-refractivity contribution in [1.82, 2.24) is 9.97 Å². The summed E-state index contributed by atoms with van der Waals surface area (Å²) >= 11 is 0.920. The van der Waals surface area contributed by atoms with Gasteiger partial charge < -0.3 is 10.2 Å². The van der Waals surface area contributed by atoms with E-state index < -0.39 is 11.9 Å². The van der Waals surface area contributed by atoms with Crippen LogP contribution in [0, 0.1) is 0 Å². The van der Waals surface area contributed by atoms with Crippen molar-refractivity contribution in [3.8, 4) is 0 Å². The van der Waals surface area contributed by atoms with Crippen molar-refractivity contribution in [3.05, 3.63) is 42.1 Å². The van der Waals surface area contributed by atoms with Crippen molar-refractivity contribution in [2.24, 2.45) is 0 Å². The van der Waals surface area contributed by atoms with Crippen LogP contribution in [0.3, 0.4) is 0 Å². The number of hydrogen-bond acceptors (Lipinski definition) is 5. The number of nitrogens with two attached hydrogens (primary N) is 1. The molecule has 0 unspecified atom stereocenters. The van der Waals surface area contributed by atoms with Gasteiger partial charge in [-0.3, -0.25) is 0 Å². The van der Waals surface area contributed by atoms with Crippen LogP contribution < -0.4 is 5.73 Å². The van der Waals surface area contributed by atoms with Gasteiger partial charge in [-0.2, -0.15) is 13.2 Å². The molecule has 0 saturated carbocycles. The molecule has 2 heterocycles. The predicted molar refractivity (Wildman–Crippen MR) is 71.8 cm³/mol. The Kier molecular flexibility index (Phi) is 3.25. The van der Waals surface area contributed by atoms with Crippen molar-refractivity contribution >= 4 is 28.5 Å². The van der Waals surface area contributed by atoms with Gasteiger partial charge in [0.1, 0.15) is 16.2 Å². The normalized spacial score (nSPS) is 12.0. The van der Waals surface area contributed by atoms with Crippen LogP contribution in [-0.2, 0) is 6.18 Å². The fraction of sp³-hybridized carbons (Fsp3) is 0.0769. The number of pyridine rings is 1. The highest BCUT2D eigenvalue weighted by Crippen LogP contribution is 2.32. The first-order valence-corrected chi connectivity index (χ1v) is 6.62. The van der Waals surface area contributed by atoms with Crippen LogP contribution in [0.15, 0.2) is 51.1 Å². The van der Waals surface area contributed by atoms with Gasteiger partial charge in [0.15, 0.2) is 5.58 Å². The first kappa shape index (κ1) is 13.7. The lowest BCUT2D eigenvalue weighted by Crippen LogP contribution is -2.07. The average Bonchev–Trinajstić information content (AvgIpc) is 2.79. The maximum Gasteiger partial charge on any atom is 0.433 e. The zero-order valence-corrected chi connectivity index (χ0v) is 11.2. The Morgan fingerprint density at radius 3 is 2.67 bits per heavy atom. The molecule has 3 aromatic rings. The maximum atomic E-state index is 12.6. The molecule has 4 nitrogen and oxygen atoms in total. The number of rotatable bonds is 2. The molecule has 0 fully saturated rings. The molecule has 0 saturated heterocycles. The summed E-state index contributed by atoms with van der Waals surface area (Å²) in [6, 6.07) is 8.60. The zero-order chi connectivity index (χ0) is 15.0. The van der Waals surface area contributed by atoms with E-state index in [0.29, 0.717) is 16.8 Å². The Balaban J connectivity index is 1.91. The van der Waals surface area contributed by atoms with E-state index in [1.165, 1.54) is 12.1 Å². The van der Waals surface area contributed by atoms with Crippen molar-refractivity contribution in [1.29, 1.82) is 0 Å².